The van der Waals surface area contributed by atoms with Crippen molar-refractivity contribution in [3.63, 3.8) is 0 Å². The van der Waals surface area contributed by atoms with Crippen molar-refractivity contribution < 1.29 is 30.2 Å². The molecule has 0 N–H and O–H groups in total. The Hall–Kier alpha value is -12.4. The largest absolute Gasteiger partial charge is 0.310 e. The van der Waals surface area contributed by atoms with Gasteiger partial charge in [-0.15, -0.1) is 0 Å². The van der Waals surface area contributed by atoms with Crippen molar-refractivity contribution in [2.24, 2.45) is 0 Å². The second kappa shape index (κ2) is 25.1. The zero-order valence-electron chi connectivity index (χ0n) is 82.5. The minimum absolute atomic E-state index is 0.00981. The van der Waals surface area contributed by atoms with Gasteiger partial charge in [-0.2, -0.15) is 0 Å². The average molecular weight is 1400 g/mol. The van der Waals surface area contributed by atoms with Crippen LogP contribution in [0.15, 0.2) is 339 Å². The van der Waals surface area contributed by atoms with Gasteiger partial charge >= 0.3 is 0 Å². The van der Waals surface area contributed by atoms with E-state index in [0.717, 1.165) is 11.1 Å². The molecule has 15 aromatic carbocycles. The Morgan fingerprint density at radius 3 is 0.897 bits per heavy atom. The lowest BCUT2D eigenvalue weighted by molar-refractivity contribution is 0.590. The molecule has 2 aliphatic heterocycles. The first-order valence-corrected chi connectivity index (χ1v) is 36.1. The summed E-state index contributed by atoms with van der Waals surface area (Å²) in [6, 6.07) is 48.8. The maximum Gasteiger partial charge on any atom is 0.252 e. The van der Waals surface area contributed by atoms with Gasteiger partial charge in [0.25, 0.3) is 6.71 Å². The van der Waals surface area contributed by atoms with Gasteiger partial charge in [0.05, 0.1) is 63.6 Å². The molecule has 0 spiro atoms. The third kappa shape index (κ3) is 10.8. The summed E-state index contributed by atoms with van der Waals surface area (Å²) in [6.45, 7) is 16.2. The highest BCUT2D eigenvalue weighted by atomic mass is 15.2. The van der Waals surface area contributed by atoms with E-state index in [1.807, 2.05) is 166 Å². The average Bonchev–Trinajstić information content (AvgIpc) is 0.710. The van der Waals surface area contributed by atoms with E-state index < -0.39 is 155 Å². The topological polar surface area (TPSA) is 16.3 Å². The molecule has 4 heterocycles. The summed E-state index contributed by atoms with van der Waals surface area (Å²) in [4.78, 5) is 3.46. The Balaban J connectivity index is 1.11. The molecule has 4 nitrogen and oxygen atoms in total. The van der Waals surface area contributed by atoms with E-state index in [-0.39, 0.29) is 123 Å². The summed E-state index contributed by atoms with van der Waals surface area (Å²) in [5, 5.41) is -0.663. The van der Waals surface area contributed by atoms with E-state index in [4.69, 9.17) is 0 Å². The number of para-hydroxylation sites is 2. The highest BCUT2D eigenvalue weighted by Gasteiger charge is 2.47. The monoisotopic (exact) mass is 1400 g/mol. The first kappa shape index (κ1) is 45.7. The Labute approximate surface area is 659 Å². The van der Waals surface area contributed by atoms with E-state index >= 15 is 0 Å². The molecule has 0 saturated heterocycles. The van der Waals surface area contributed by atoms with Crippen molar-refractivity contribution in [2.75, 3.05) is 9.80 Å². The fourth-order valence-electron chi connectivity index (χ4n) is 15.6. The van der Waals surface area contributed by atoms with Gasteiger partial charge in [-0.1, -0.05) is 317 Å². The fourth-order valence-corrected chi connectivity index (χ4v) is 15.6. The van der Waals surface area contributed by atoms with Crippen LogP contribution in [0.2, 0.25) is 0 Å². The first-order chi connectivity index (χ1) is 61.2. The molecule has 2 aromatic heterocycles. The third-order valence-corrected chi connectivity index (χ3v) is 20.9. The van der Waals surface area contributed by atoms with Crippen molar-refractivity contribution in [3.8, 4) is 78.1 Å². The van der Waals surface area contributed by atoms with Gasteiger partial charge in [0.15, 0.2) is 0 Å². The number of anilines is 6. The Bertz CT molecular complexity index is 7170. The van der Waals surface area contributed by atoms with Gasteiger partial charge < -0.3 is 18.9 Å². The van der Waals surface area contributed by atoms with Crippen molar-refractivity contribution >= 4 is 101 Å². The second-order valence-corrected chi connectivity index (χ2v) is 30.7. The van der Waals surface area contributed by atoms with Crippen molar-refractivity contribution in [1.29, 1.82) is 0 Å². The van der Waals surface area contributed by atoms with Crippen LogP contribution in [0.4, 0.5) is 34.1 Å². The highest BCUT2D eigenvalue weighted by molar-refractivity contribution is 7.00. The molecule has 2 aliphatic rings. The molecule has 0 fully saturated rings. The summed E-state index contributed by atoms with van der Waals surface area (Å²) >= 11 is 0. The van der Waals surface area contributed by atoms with Gasteiger partial charge in [0, 0.05) is 77.9 Å². The third-order valence-electron chi connectivity index (χ3n) is 20.9. The number of aromatic nitrogens is 2. The van der Waals surface area contributed by atoms with Crippen molar-refractivity contribution in [1.82, 2.24) is 9.13 Å². The van der Waals surface area contributed by atoms with Crippen LogP contribution in [0.25, 0.3) is 122 Å². The summed E-state index contributed by atoms with van der Waals surface area (Å²) in [5.41, 5.74) is 1.17. The minimum atomic E-state index is -1.86. The van der Waals surface area contributed by atoms with Gasteiger partial charge in [0.1, 0.15) is 0 Å². The van der Waals surface area contributed by atoms with Crippen molar-refractivity contribution in [2.45, 2.75) is 78.6 Å². The van der Waals surface area contributed by atoms with Crippen LogP contribution in [0.3, 0.4) is 0 Å². The SMILES string of the molecule is [2H]c1c([2H])c(-n2c3c([2H])c([2H])c([2H])c([2H])c3c3c(-c4ccccc4)c([2H])c([2H])c([2H])c32)c([2H])c2c1B1c3c([2H])c([2H])c(-n4c5c([2H])c([2H])c([2H])c([2H])c5c5c(-c6ccccc6)c([2H])c([2H])c([2H])c54)c([2H])c3N(c3c(-c4ccccc4)cc(C(C)(C)C)cc3-c3ccccc3)c3c([2H])c(C(C)(C)C)c([2H])c(c31)N2c1c(-c2ccccc2)cc(C(C)(C)C)cc1-c1ccccc1. The van der Waals surface area contributed by atoms with Crippen molar-refractivity contribution in [3.05, 3.63) is 356 Å². The molecule has 0 radical (unpaired) electrons. The van der Waals surface area contributed by atoms with E-state index in [1.165, 1.54) is 9.13 Å². The maximum atomic E-state index is 12.0. The lowest BCUT2D eigenvalue weighted by Crippen LogP contribution is -2.61. The van der Waals surface area contributed by atoms with Crippen LogP contribution in [0.5, 0.6) is 0 Å². The van der Waals surface area contributed by atoms with Crippen LogP contribution in [0, 0.1) is 0 Å². The Morgan fingerprint density at radius 1 is 0.280 bits per heavy atom. The lowest BCUT2D eigenvalue weighted by atomic mass is 9.33. The zero-order chi connectivity index (χ0) is 91.8. The molecule has 19 rings (SSSR count). The predicted molar refractivity (Wildman–Crippen MR) is 458 cm³/mol. The number of rotatable bonds is 10. The highest BCUT2D eigenvalue weighted by Crippen LogP contribution is 2.56. The minimum Gasteiger partial charge on any atom is -0.310 e. The predicted octanol–water partition coefficient (Wildman–Crippen LogP) is 25.9. The zero-order valence-corrected chi connectivity index (χ0v) is 60.5. The molecular weight excluding hydrogens is 1290 g/mol. The van der Waals surface area contributed by atoms with Gasteiger partial charge in [-0.05, 0) is 179 Å². The quantitative estimate of drug-likeness (QED) is 0.127. The summed E-state index contributed by atoms with van der Waals surface area (Å²) < 4.78 is 234. The maximum absolute atomic E-state index is 12.0. The summed E-state index contributed by atoms with van der Waals surface area (Å²) in [6.07, 6.45) is 0. The van der Waals surface area contributed by atoms with E-state index in [9.17, 15) is 30.2 Å². The fraction of sp³-hybridized carbons (Fsp3) is 0.118. The number of hydrogen-bond donors (Lipinski definition) is 0. The second-order valence-electron chi connectivity index (χ2n) is 30.7. The Kier molecular flexibility index (Phi) is 10.7. The molecular formula is C102H83BN4. The molecule has 0 bridgehead atoms. The van der Waals surface area contributed by atoms with Crippen LogP contribution < -0.4 is 26.2 Å². The van der Waals surface area contributed by atoms with E-state index in [1.54, 1.807) is 70.5 Å². The van der Waals surface area contributed by atoms with Gasteiger partial charge in [0.2, 0.25) is 0 Å². The van der Waals surface area contributed by atoms with Crippen LogP contribution in [-0.4, -0.2) is 15.8 Å². The standard InChI is InChI=1S/C102H83BN4/c1-100(2,3)72-58-81(68-38-20-12-21-39-68)98(82(59-72)69-40-22-13-23-41-69)106-91-64-75(104-87-50-30-28-46-79(87)95-77(48-32-52-89(95)104)66-34-16-10-17-35-66)54-56-85(91)103-86-57-55-76(105-88-51-31-29-47-80(88)96-78(49-33-53-90(96)105)67-36-18-11-19-37-67)65-92(86)107(94-63-74(102(7,8)9)62-93(106)97(94)103)99-83(70-42-24-14-25-43-70)60-73(101(4,5)6)61-84(99)71-44-26-15-27-45-71/h10-65H,1-9H3/i28D,29D,30D,31D,32D,33D,46D,47D,48D,49D,50D,51D,52D,53D,54D,55D,56D,57D,62D,63D,64D,65D. The lowest BCUT2D eigenvalue weighted by Gasteiger charge is -2.47. The number of benzene rings is 15. The van der Waals surface area contributed by atoms with Crippen LogP contribution >= 0.6 is 0 Å². The molecule has 0 unspecified atom stereocenters. The molecule has 0 amide bonds. The number of hydrogen-bond acceptors (Lipinski definition) is 2. The molecule has 5 heteroatoms. The van der Waals surface area contributed by atoms with E-state index in [2.05, 4.69) is 41.5 Å². The first-order valence-electron chi connectivity index (χ1n) is 47.1. The molecule has 17 aromatic rings. The molecule has 0 saturated carbocycles. The smallest absolute Gasteiger partial charge is 0.252 e. The Morgan fingerprint density at radius 2 is 0.579 bits per heavy atom. The molecule has 0 atom stereocenters. The molecule has 107 heavy (non-hydrogen) atoms. The number of nitrogens with zero attached hydrogens (tertiary/aromatic N) is 4. The van der Waals surface area contributed by atoms with Crippen LogP contribution in [-0.2, 0) is 16.2 Å². The summed E-state index contributed by atoms with van der Waals surface area (Å²) in [7, 11) is 0. The van der Waals surface area contributed by atoms with Gasteiger partial charge in [-0.25, -0.2) is 0 Å². The van der Waals surface area contributed by atoms with Crippen LogP contribution in [0.1, 0.15) is 109 Å². The van der Waals surface area contributed by atoms with Gasteiger partial charge in [-0.3, -0.25) is 0 Å². The normalized spacial score (nSPS) is 15.7. The molecule has 514 valence electrons. The summed E-state index contributed by atoms with van der Waals surface area (Å²) in [5.74, 6) is 0. The molecule has 0 aliphatic carbocycles. The van der Waals surface area contributed by atoms with E-state index in [0.29, 0.717) is 55.6 Å². The number of fused-ring (bicyclic) bond motifs is 10.